The van der Waals surface area contributed by atoms with Crippen LogP contribution in [0.2, 0.25) is 0 Å². The maximum atomic E-state index is 13.8. The number of hydrogen-bond donors (Lipinski definition) is 0. The molecule has 3 heterocycles. The molecule has 0 saturated carbocycles. The standard InChI is InChI=1S/C27H31F3N4O2/c1-19(35)32-10-12-33(13-11-32)26(36)23-16-21-15-22(27(28,29)30)7-8-24(21)34-14-9-31(18-25(23)34)17-20-5-3-2-4-6-20/h2-8,15,23,25H,9-14,16-18H2,1H3/t23-,25+/m1/s1. The van der Waals surface area contributed by atoms with E-state index in [1.165, 1.54) is 18.6 Å². The number of benzene rings is 2. The molecule has 0 bridgehead atoms. The third-order valence-electron chi connectivity index (χ3n) is 7.73. The molecular weight excluding hydrogens is 469 g/mol. The molecule has 0 spiro atoms. The van der Waals surface area contributed by atoms with Crippen LogP contribution in [0.15, 0.2) is 48.5 Å². The SMILES string of the molecule is CC(=O)N1CCN(C(=O)[C@@H]2Cc3cc(C(F)(F)F)ccc3N3CCN(Cc4ccccc4)C[C@@H]23)CC1. The van der Waals surface area contributed by atoms with E-state index in [0.717, 1.165) is 24.8 Å². The van der Waals surface area contributed by atoms with Crippen molar-refractivity contribution >= 4 is 17.5 Å². The van der Waals surface area contributed by atoms with E-state index >= 15 is 0 Å². The lowest BCUT2D eigenvalue weighted by atomic mass is 9.82. The molecule has 192 valence electrons. The van der Waals surface area contributed by atoms with E-state index < -0.39 is 17.7 Å². The Bertz CT molecular complexity index is 1120. The summed E-state index contributed by atoms with van der Waals surface area (Å²) in [6.45, 7) is 6.24. The van der Waals surface area contributed by atoms with Gasteiger partial charge in [0.1, 0.15) is 0 Å². The molecule has 2 amide bonds. The second-order valence-electron chi connectivity index (χ2n) is 9.96. The first-order valence-corrected chi connectivity index (χ1v) is 12.5. The van der Waals surface area contributed by atoms with Gasteiger partial charge in [0, 0.05) is 65.0 Å². The van der Waals surface area contributed by atoms with Crippen molar-refractivity contribution in [2.75, 3.05) is 50.7 Å². The molecule has 0 unspecified atom stereocenters. The third-order valence-corrected chi connectivity index (χ3v) is 7.73. The fourth-order valence-electron chi connectivity index (χ4n) is 5.80. The van der Waals surface area contributed by atoms with Crippen LogP contribution in [-0.4, -0.2) is 78.4 Å². The Morgan fingerprint density at radius 1 is 0.917 bits per heavy atom. The highest BCUT2D eigenvalue weighted by molar-refractivity contribution is 5.83. The summed E-state index contributed by atoms with van der Waals surface area (Å²) in [7, 11) is 0. The van der Waals surface area contributed by atoms with E-state index in [1.807, 2.05) is 18.2 Å². The summed E-state index contributed by atoms with van der Waals surface area (Å²) >= 11 is 0. The van der Waals surface area contributed by atoms with Gasteiger partial charge in [0.2, 0.25) is 11.8 Å². The van der Waals surface area contributed by atoms with Crippen LogP contribution >= 0.6 is 0 Å². The number of amides is 2. The van der Waals surface area contributed by atoms with Gasteiger partial charge in [-0.1, -0.05) is 30.3 Å². The van der Waals surface area contributed by atoms with E-state index in [9.17, 15) is 22.8 Å². The number of carbonyl (C=O) groups excluding carboxylic acids is 2. The largest absolute Gasteiger partial charge is 0.416 e. The van der Waals surface area contributed by atoms with Gasteiger partial charge in [0.25, 0.3) is 0 Å². The van der Waals surface area contributed by atoms with Crippen LogP contribution in [0.5, 0.6) is 0 Å². The van der Waals surface area contributed by atoms with Crippen molar-refractivity contribution in [2.45, 2.75) is 32.1 Å². The Balaban J connectivity index is 1.41. The fraction of sp³-hybridized carbons (Fsp3) is 0.481. The van der Waals surface area contributed by atoms with E-state index in [-0.39, 0.29) is 24.3 Å². The van der Waals surface area contributed by atoms with Crippen LogP contribution in [-0.2, 0) is 28.7 Å². The van der Waals surface area contributed by atoms with Crippen molar-refractivity contribution in [3.05, 3.63) is 65.2 Å². The summed E-state index contributed by atoms with van der Waals surface area (Å²) in [5.41, 5.74) is 1.90. The lowest BCUT2D eigenvalue weighted by Crippen LogP contribution is -2.62. The molecule has 6 nitrogen and oxygen atoms in total. The monoisotopic (exact) mass is 500 g/mol. The molecule has 3 aliphatic heterocycles. The molecule has 36 heavy (non-hydrogen) atoms. The van der Waals surface area contributed by atoms with Gasteiger partial charge in [0.15, 0.2) is 0 Å². The first-order chi connectivity index (χ1) is 17.2. The van der Waals surface area contributed by atoms with Crippen molar-refractivity contribution in [3.8, 4) is 0 Å². The summed E-state index contributed by atoms with van der Waals surface area (Å²) in [4.78, 5) is 33.5. The molecule has 9 heteroatoms. The lowest BCUT2D eigenvalue weighted by Gasteiger charge is -2.50. The molecule has 2 aromatic carbocycles. The zero-order valence-electron chi connectivity index (χ0n) is 20.4. The van der Waals surface area contributed by atoms with Crippen LogP contribution in [0, 0.1) is 5.92 Å². The van der Waals surface area contributed by atoms with E-state index in [0.29, 0.717) is 44.8 Å². The second kappa shape index (κ2) is 9.76. The first kappa shape index (κ1) is 24.6. The summed E-state index contributed by atoms with van der Waals surface area (Å²) in [6.07, 6.45) is -4.14. The minimum absolute atomic E-state index is 0.0108. The Morgan fingerprint density at radius 3 is 2.28 bits per heavy atom. The highest BCUT2D eigenvalue weighted by Gasteiger charge is 2.44. The molecule has 2 saturated heterocycles. The van der Waals surface area contributed by atoms with E-state index in [4.69, 9.17) is 0 Å². The van der Waals surface area contributed by atoms with Gasteiger partial charge in [-0.3, -0.25) is 14.5 Å². The maximum absolute atomic E-state index is 13.8. The van der Waals surface area contributed by atoms with Gasteiger partial charge < -0.3 is 14.7 Å². The fourth-order valence-corrected chi connectivity index (χ4v) is 5.80. The van der Waals surface area contributed by atoms with Gasteiger partial charge >= 0.3 is 6.18 Å². The zero-order chi connectivity index (χ0) is 25.4. The summed E-state index contributed by atoms with van der Waals surface area (Å²) in [5.74, 6) is -0.482. The Labute approximate surface area is 209 Å². The van der Waals surface area contributed by atoms with Crippen LogP contribution in [0.4, 0.5) is 18.9 Å². The second-order valence-corrected chi connectivity index (χ2v) is 9.96. The molecule has 3 aliphatic rings. The average molecular weight is 501 g/mol. The van der Waals surface area contributed by atoms with Gasteiger partial charge in [-0.05, 0) is 35.7 Å². The smallest absolute Gasteiger partial charge is 0.365 e. The number of nitrogens with zero attached hydrogens (tertiary/aromatic N) is 4. The molecule has 0 aromatic heterocycles. The number of carbonyl (C=O) groups is 2. The van der Waals surface area contributed by atoms with Crippen molar-refractivity contribution in [1.82, 2.24) is 14.7 Å². The number of piperazine rings is 2. The van der Waals surface area contributed by atoms with Crippen molar-refractivity contribution < 1.29 is 22.8 Å². The van der Waals surface area contributed by atoms with Gasteiger partial charge in [-0.15, -0.1) is 0 Å². The minimum Gasteiger partial charge on any atom is -0.365 e. The summed E-state index contributed by atoms with van der Waals surface area (Å²) < 4.78 is 40.4. The van der Waals surface area contributed by atoms with Crippen molar-refractivity contribution in [1.29, 1.82) is 0 Å². The van der Waals surface area contributed by atoms with Crippen LogP contribution in [0.25, 0.3) is 0 Å². The predicted octanol–water partition coefficient (Wildman–Crippen LogP) is 3.26. The van der Waals surface area contributed by atoms with Gasteiger partial charge in [-0.2, -0.15) is 13.2 Å². The molecule has 2 fully saturated rings. The molecule has 0 aliphatic carbocycles. The molecular formula is C27H31F3N4O2. The molecule has 2 aromatic rings. The van der Waals surface area contributed by atoms with Crippen molar-refractivity contribution in [2.24, 2.45) is 5.92 Å². The van der Waals surface area contributed by atoms with Crippen molar-refractivity contribution in [3.63, 3.8) is 0 Å². The predicted molar refractivity (Wildman–Crippen MR) is 130 cm³/mol. The van der Waals surface area contributed by atoms with E-state index in [1.54, 1.807) is 15.9 Å². The number of rotatable bonds is 3. The summed E-state index contributed by atoms with van der Waals surface area (Å²) in [6, 6.07) is 14.0. The Morgan fingerprint density at radius 2 is 1.61 bits per heavy atom. The van der Waals surface area contributed by atoms with Crippen LogP contribution in [0.1, 0.15) is 23.6 Å². The normalized spacial score (nSPS) is 22.7. The topological polar surface area (TPSA) is 47.1 Å². The van der Waals surface area contributed by atoms with Crippen LogP contribution in [0.3, 0.4) is 0 Å². The quantitative estimate of drug-likeness (QED) is 0.649. The lowest BCUT2D eigenvalue weighted by molar-refractivity contribution is -0.142. The third kappa shape index (κ3) is 4.93. The number of hydrogen-bond acceptors (Lipinski definition) is 4. The summed E-state index contributed by atoms with van der Waals surface area (Å²) in [5, 5.41) is 0. The number of halogens is 3. The van der Waals surface area contributed by atoms with Gasteiger partial charge in [-0.25, -0.2) is 0 Å². The maximum Gasteiger partial charge on any atom is 0.416 e. The number of alkyl halides is 3. The van der Waals surface area contributed by atoms with Crippen LogP contribution < -0.4 is 4.90 Å². The minimum atomic E-state index is -4.43. The average Bonchev–Trinajstić information content (AvgIpc) is 2.87. The number of fused-ring (bicyclic) bond motifs is 3. The van der Waals surface area contributed by atoms with Gasteiger partial charge in [0.05, 0.1) is 17.5 Å². The Kier molecular flexibility index (Phi) is 6.68. The Hall–Kier alpha value is -3.07. The van der Waals surface area contributed by atoms with E-state index in [2.05, 4.69) is 21.9 Å². The highest BCUT2D eigenvalue weighted by atomic mass is 19.4. The molecule has 5 rings (SSSR count). The highest BCUT2D eigenvalue weighted by Crippen LogP contribution is 2.40. The molecule has 0 N–H and O–H groups in total. The number of anilines is 1. The zero-order valence-corrected chi connectivity index (χ0v) is 20.4. The molecule has 0 radical (unpaired) electrons. The molecule has 2 atom stereocenters. The first-order valence-electron chi connectivity index (χ1n) is 12.5.